The average Bonchev–Trinajstić information content (AvgIpc) is 3.18. The lowest BCUT2D eigenvalue weighted by Gasteiger charge is -2.32. The van der Waals surface area contributed by atoms with Crippen molar-refractivity contribution in [2.75, 3.05) is 30.1 Å². The fourth-order valence-corrected chi connectivity index (χ4v) is 3.95. The van der Waals surface area contributed by atoms with Crippen molar-refractivity contribution in [3.05, 3.63) is 58.4 Å². The van der Waals surface area contributed by atoms with E-state index in [4.69, 9.17) is 9.47 Å². The van der Waals surface area contributed by atoms with Crippen LogP contribution in [-0.4, -0.2) is 36.1 Å². The Morgan fingerprint density at radius 2 is 1.93 bits per heavy atom. The number of nitrogens with one attached hydrogen (secondary N) is 2. The molecule has 29 heavy (non-hydrogen) atoms. The van der Waals surface area contributed by atoms with Gasteiger partial charge in [0.25, 0.3) is 5.56 Å². The predicted octanol–water partition coefficient (Wildman–Crippen LogP) is 2.83. The number of hydrogen-bond donors (Lipinski definition) is 3. The average molecular weight is 393 g/mol. The largest absolute Gasteiger partial charge is 0.454 e. The third-order valence-corrected chi connectivity index (χ3v) is 5.53. The Labute approximate surface area is 167 Å². The number of rotatable bonds is 4. The molecule has 0 radical (unpaired) electrons. The zero-order valence-corrected chi connectivity index (χ0v) is 16.0. The number of piperidine rings is 1. The summed E-state index contributed by atoms with van der Waals surface area (Å²) in [6, 6.07) is 13.7. The summed E-state index contributed by atoms with van der Waals surface area (Å²) in [4.78, 5) is 17.6. The highest BCUT2D eigenvalue weighted by atomic mass is 16.7. The maximum atomic E-state index is 12.4. The van der Waals surface area contributed by atoms with E-state index < -0.39 is 0 Å². The van der Waals surface area contributed by atoms with Gasteiger partial charge in [0.2, 0.25) is 6.79 Å². The first kappa shape index (κ1) is 17.9. The molecule has 3 aromatic rings. The van der Waals surface area contributed by atoms with Crippen LogP contribution in [0.1, 0.15) is 18.4 Å². The summed E-state index contributed by atoms with van der Waals surface area (Å²) in [7, 11) is 0. The SMILES string of the molecule is O=c1[nH]c2cc3c(cc2cc1CNc1ccc(N2CCCC(O)C2)cc1)OCO3. The Bertz CT molecular complexity index is 1090. The molecule has 2 aliphatic rings. The summed E-state index contributed by atoms with van der Waals surface area (Å²) >= 11 is 0. The molecule has 0 amide bonds. The topological polar surface area (TPSA) is 86.8 Å². The van der Waals surface area contributed by atoms with E-state index >= 15 is 0 Å². The molecule has 1 fully saturated rings. The first-order chi connectivity index (χ1) is 14.2. The minimum atomic E-state index is -0.251. The summed E-state index contributed by atoms with van der Waals surface area (Å²) in [5.74, 6) is 1.35. The van der Waals surface area contributed by atoms with Crippen LogP contribution in [0.3, 0.4) is 0 Å². The molecule has 0 aliphatic carbocycles. The van der Waals surface area contributed by atoms with E-state index in [9.17, 15) is 9.90 Å². The molecule has 3 heterocycles. The van der Waals surface area contributed by atoms with Crippen molar-refractivity contribution in [2.45, 2.75) is 25.5 Å². The van der Waals surface area contributed by atoms with Crippen molar-refractivity contribution < 1.29 is 14.6 Å². The normalized spacial score (nSPS) is 18.2. The van der Waals surface area contributed by atoms with Gasteiger partial charge in [-0.3, -0.25) is 4.79 Å². The fourth-order valence-electron chi connectivity index (χ4n) is 3.95. The smallest absolute Gasteiger partial charge is 0.253 e. The second kappa shape index (κ2) is 7.33. The number of aliphatic hydroxyl groups excluding tert-OH is 1. The van der Waals surface area contributed by atoms with Gasteiger partial charge < -0.3 is 29.8 Å². The van der Waals surface area contributed by atoms with Crippen LogP contribution >= 0.6 is 0 Å². The number of benzene rings is 2. The van der Waals surface area contributed by atoms with Gasteiger partial charge in [-0.25, -0.2) is 0 Å². The fraction of sp³-hybridized carbons (Fsp3) is 0.318. The van der Waals surface area contributed by atoms with Crippen molar-refractivity contribution in [1.29, 1.82) is 0 Å². The number of ether oxygens (including phenoxy) is 2. The van der Waals surface area contributed by atoms with E-state index in [1.165, 1.54) is 0 Å². The number of pyridine rings is 1. The summed E-state index contributed by atoms with van der Waals surface area (Å²) in [5.41, 5.74) is 3.31. The van der Waals surface area contributed by atoms with Crippen LogP contribution in [0, 0.1) is 0 Å². The van der Waals surface area contributed by atoms with Crippen LogP contribution in [0.5, 0.6) is 11.5 Å². The summed E-state index contributed by atoms with van der Waals surface area (Å²) in [6.07, 6.45) is 1.63. The van der Waals surface area contributed by atoms with Crippen molar-refractivity contribution in [1.82, 2.24) is 4.98 Å². The summed E-state index contributed by atoms with van der Waals surface area (Å²) < 4.78 is 10.8. The second-order valence-electron chi connectivity index (χ2n) is 7.56. The first-order valence-electron chi connectivity index (χ1n) is 9.88. The molecule has 0 bridgehead atoms. The molecule has 7 nitrogen and oxygen atoms in total. The number of anilines is 2. The van der Waals surface area contributed by atoms with E-state index in [1.807, 2.05) is 36.4 Å². The maximum Gasteiger partial charge on any atom is 0.253 e. The van der Waals surface area contributed by atoms with Crippen molar-refractivity contribution in [2.24, 2.45) is 0 Å². The number of H-pyrrole nitrogens is 1. The Morgan fingerprint density at radius 1 is 1.14 bits per heavy atom. The third-order valence-electron chi connectivity index (χ3n) is 5.53. The zero-order chi connectivity index (χ0) is 19.8. The lowest BCUT2D eigenvalue weighted by atomic mass is 10.1. The van der Waals surface area contributed by atoms with Gasteiger partial charge in [-0.05, 0) is 49.2 Å². The zero-order valence-electron chi connectivity index (χ0n) is 16.0. The molecule has 0 saturated carbocycles. The van der Waals surface area contributed by atoms with Crippen LogP contribution in [-0.2, 0) is 6.54 Å². The molecule has 0 spiro atoms. The van der Waals surface area contributed by atoms with Gasteiger partial charge in [-0.2, -0.15) is 0 Å². The third kappa shape index (κ3) is 3.61. The summed E-state index contributed by atoms with van der Waals surface area (Å²) in [5, 5.41) is 14.1. The molecule has 1 atom stereocenters. The molecule has 1 aromatic heterocycles. The van der Waals surface area contributed by atoms with E-state index in [2.05, 4.69) is 15.2 Å². The van der Waals surface area contributed by atoms with Crippen molar-refractivity contribution in [3.63, 3.8) is 0 Å². The molecule has 5 rings (SSSR count). The highest BCUT2D eigenvalue weighted by molar-refractivity contribution is 5.83. The van der Waals surface area contributed by atoms with Gasteiger partial charge in [0.05, 0.1) is 11.6 Å². The van der Waals surface area contributed by atoms with E-state index in [1.54, 1.807) is 6.07 Å². The van der Waals surface area contributed by atoms with Crippen LogP contribution in [0.15, 0.2) is 47.3 Å². The Hall–Kier alpha value is -3.19. The Kier molecular flexibility index (Phi) is 4.52. The first-order valence-corrected chi connectivity index (χ1v) is 9.88. The number of hydrogen-bond acceptors (Lipinski definition) is 6. The maximum absolute atomic E-state index is 12.4. The minimum Gasteiger partial charge on any atom is -0.454 e. The number of aromatic amines is 1. The molecule has 150 valence electrons. The minimum absolute atomic E-state index is 0.122. The number of aromatic nitrogens is 1. The van der Waals surface area contributed by atoms with Gasteiger partial charge in [-0.15, -0.1) is 0 Å². The molecular formula is C22H23N3O4. The highest BCUT2D eigenvalue weighted by Gasteiger charge is 2.18. The predicted molar refractivity (Wildman–Crippen MR) is 112 cm³/mol. The van der Waals surface area contributed by atoms with Gasteiger partial charge in [0, 0.05) is 48.0 Å². The van der Waals surface area contributed by atoms with Gasteiger partial charge in [0.15, 0.2) is 11.5 Å². The highest BCUT2D eigenvalue weighted by Crippen LogP contribution is 2.35. The number of aliphatic hydroxyl groups is 1. The van der Waals surface area contributed by atoms with Crippen LogP contribution < -0.4 is 25.2 Å². The number of nitrogens with zero attached hydrogens (tertiary/aromatic N) is 1. The lowest BCUT2D eigenvalue weighted by molar-refractivity contribution is 0.154. The molecule has 7 heteroatoms. The van der Waals surface area contributed by atoms with Crippen molar-refractivity contribution in [3.8, 4) is 11.5 Å². The second-order valence-corrected chi connectivity index (χ2v) is 7.56. The standard InChI is InChI=1S/C22H23N3O4/c26-18-2-1-7-25(12-18)17-5-3-16(4-6-17)23-11-15-8-14-9-20-21(29-13-28-20)10-19(14)24-22(15)27/h3-6,8-10,18,23,26H,1-2,7,11-13H2,(H,24,27). The Balaban J connectivity index is 1.30. The van der Waals surface area contributed by atoms with E-state index in [-0.39, 0.29) is 18.5 Å². The van der Waals surface area contributed by atoms with Gasteiger partial charge in [0.1, 0.15) is 0 Å². The molecule has 1 saturated heterocycles. The van der Waals surface area contributed by atoms with Crippen LogP contribution in [0.4, 0.5) is 11.4 Å². The monoisotopic (exact) mass is 393 g/mol. The van der Waals surface area contributed by atoms with E-state index in [0.29, 0.717) is 30.2 Å². The summed E-state index contributed by atoms with van der Waals surface area (Å²) in [6.45, 7) is 2.27. The Morgan fingerprint density at radius 3 is 2.72 bits per heavy atom. The number of fused-ring (bicyclic) bond motifs is 2. The van der Waals surface area contributed by atoms with E-state index in [0.717, 1.165) is 41.7 Å². The number of β-amino-alcohol motifs (C(OH)–C–C–N with tert-alkyl or cyclic N) is 1. The molecular weight excluding hydrogens is 370 g/mol. The molecule has 2 aliphatic heterocycles. The molecule has 2 aromatic carbocycles. The van der Waals surface area contributed by atoms with Crippen LogP contribution in [0.25, 0.3) is 10.9 Å². The molecule has 1 unspecified atom stereocenters. The molecule has 3 N–H and O–H groups in total. The van der Waals surface area contributed by atoms with Gasteiger partial charge >= 0.3 is 0 Å². The quantitative estimate of drug-likeness (QED) is 0.632. The van der Waals surface area contributed by atoms with Crippen molar-refractivity contribution >= 4 is 22.3 Å². The van der Waals surface area contributed by atoms with Crippen LogP contribution in [0.2, 0.25) is 0 Å². The lowest BCUT2D eigenvalue weighted by Crippen LogP contribution is -2.38. The van der Waals surface area contributed by atoms with Gasteiger partial charge in [-0.1, -0.05) is 0 Å².